The quantitative estimate of drug-likeness (QED) is 0.723. The summed E-state index contributed by atoms with van der Waals surface area (Å²) >= 11 is 0. The van der Waals surface area contributed by atoms with Crippen molar-refractivity contribution >= 4 is 6.03 Å². The molecular weight excluding hydrogens is 292 g/mol. The van der Waals surface area contributed by atoms with Crippen molar-refractivity contribution in [2.24, 2.45) is 5.92 Å². The fraction of sp³-hybridized carbons (Fsp3) is 0.611. The second-order valence-corrected chi connectivity index (χ2v) is 6.20. The molecule has 1 fully saturated rings. The minimum atomic E-state index is -0.428. The molecule has 2 rings (SSSR count). The maximum atomic E-state index is 11.8. The number of amides is 2. The fourth-order valence-corrected chi connectivity index (χ4v) is 3.06. The van der Waals surface area contributed by atoms with Crippen LogP contribution in [0.5, 0.6) is 5.75 Å². The molecule has 1 aromatic rings. The predicted molar refractivity (Wildman–Crippen MR) is 90.7 cm³/mol. The van der Waals surface area contributed by atoms with Gasteiger partial charge in [-0.3, -0.25) is 0 Å². The number of carbonyl (C=O) groups excluding carboxylic acids is 1. The maximum Gasteiger partial charge on any atom is 0.314 e. The van der Waals surface area contributed by atoms with E-state index in [2.05, 4.69) is 10.6 Å². The molecule has 2 amide bonds. The van der Waals surface area contributed by atoms with E-state index < -0.39 is 6.10 Å². The summed E-state index contributed by atoms with van der Waals surface area (Å²) in [7, 11) is 1.64. The van der Waals surface area contributed by atoms with Gasteiger partial charge in [0.2, 0.25) is 0 Å². The molecule has 0 aliphatic heterocycles. The van der Waals surface area contributed by atoms with Crippen LogP contribution in [0.1, 0.15) is 37.7 Å². The van der Waals surface area contributed by atoms with E-state index in [-0.39, 0.29) is 6.03 Å². The first-order valence-electron chi connectivity index (χ1n) is 8.51. The van der Waals surface area contributed by atoms with Crippen molar-refractivity contribution in [3.8, 4) is 5.75 Å². The van der Waals surface area contributed by atoms with E-state index in [1.54, 1.807) is 7.11 Å². The van der Waals surface area contributed by atoms with Crippen LogP contribution in [0.2, 0.25) is 0 Å². The van der Waals surface area contributed by atoms with Crippen LogP contribution in [0, 0.1) is 5.92 Å². The maximum absolute atomic E-state index is 11.8. The van der Waals surface area contributed by atoms with Gasteiger partial charge in [-0.2, -0.15) is 0 Å². The van der Waals surface area contributed by atoms with E-state index in [0.717, 1.165) is 30.6 Å². The Labute approximate surface area is 138 Å². The lowest BCUT2D eigenvalue weighted by Crippen LogP contribution is -2.42. The van der Waals surface area contributed by atoms with Crippen molar-refractivity contribution < 1.29 is 14.6 Å². The van der Waals surface area contributed by atoms with Gasteiger partial charge in [0.25, 0.3) is 0 Å². The molecular formula is C18H28N2O3. The van der Waals surface area contributed by atoms with Crippen molar-refractivity contribution in [2.75, 3.05) is 20.2 Å². The number of benzene rings is 1. The fourth-order valence-electron chi connectivity index (χ4n) is 3.06. The number of aliphatic hydroxyl groups is 1. The summed E-state index contributed by atoms with van der Waals surface area (Å²) in [6.07, 6.45) is 6.13. The molecule has 1 aliphatic rings. The van der Waals surface area contributed by atoms with Crippen molar-refractivity contribution in [2.45, 2.75) is 44.6 Å². The molecule has 128 valence electrons. The Morgan fingerprint density at radius 3 is 2.57 bits per heavy atom. The van der Waals surface area contributed by atoms with E-state index >= 15 is 0 Å². The smallest absolute Gasteiger partial charge is 0.314 e. The van der Waals surface area contributed by atoms with Gasteiger partial charge in [-0.25, -0.2) is 4.79 Å². The average Bonchev–Trinajstić information content (AvgIpc) is 2.61. The molecule has 0 saturated heterocycles. The van der Waals surface area contributed by atoms with Crippen LogP contribution in [0.25, 0.3) is 0 Å². The van der Waals surface area contributed by atoms with Crippen molar-refractivity contribution in [3.05, 3.63) is 29.8 Å². The van der Waals surface area contributed by atoms with Crippen LogP contribution in [-0.2, 0) is 6.42 Å². The standard InChI is InChI=1S/C18H28N2O3/c1-23-16-9-7-14(8-10-16)11-12-19-18(22)20-13-17(21)15-5-3-2-4-6-15/h7-10,15,17,21H,2-6,11-13H2,1H3,(H2,19,20,22)/t17-/m1/s1. The molecule has 0 heterocycles. The van der Waals surface area contributed by atoms with Gasteiger partial charge in [0.05, 0.1) is 13.2 Å². The number of hydrogen-bond donors (Lipinski definition) is 3. The third-order valence-electron chi connectivity index (χ3n) is 4.52. The minimum absolute atomic E-state index is 0.214. The largest absolute Gasteiger partial charge is 0.497 e. The number of nitrogens with one attached hydrogen (secondary N) is 2. The van der Waals surface area contributed by atoms with Gasteiger partial charge in [0.15, 0.2) is 0 Å². The van der Waals surface area contributed by atoms with Crippen LogP contribution in [0.3, 0.4) is 0 Å². The first-order chi connectivity index (χ1) is 11.2. The highest BCUT2D eigenvalue weighted by atomic mass is 16.5. The van der Waals surface area contributed by atoms with Crippen molar-refractivity contribution in [1.82, 2.24) is 10.6 Å². The molecule has 0 unspecified atom stereocenters. The molecule has 1 aromatic carbocycles. The molecule has 5 nitrogen and oxygen atoms in total. The van der Waals surface area contributed by atoms with E-state index in [4.69, 9.17) is 4.74 Å². The Morgan fingerprint density at radius 1 is 1.22 bits per heavy atom. The summed E-state index contributed by atoms with van der Waals surface area (Å²) in [6.45, 7) is 0.900. The molecule has 0 aromatic heterocycles. The monoisotopic (exact) mass is 320 g/mol. The Balaban J connectivity index is 1.60. The van der Waals surface area contributed by atoms with Crippen molar-refractivity contribution in [3.63, 3.8) is 0 Å². The lowest BCUT2D eigenvalue weighted by molar-refractivity contribution is 0.0858. The Morgan fingerprint density at radius 2 is 1.91 bits per heavy atom. The second kappa shape index (κ2) is 9.40. The molecule has 0 radical (unpaired) electrons. The molecule has 23 heavy (non-hydrogen) atoms. The van der Waals surface area contributed by atoms with Gasteiger partial charge in [-0.1, -0.05) is 31.4 Å². The van der Waals surface area contributed by atoms with E-state index in [1.165, 1.54) is 19.3 Å². The zero-order valence-electron chi connectivity index (χ0n) is 13.9. The topological polar surface area (TPSA) is 70.6 Å². The minimum Gasteiger partial charge on any atom is -0.497 e. The first kappa shape index (κ1) is 17.6. The Hall–Kier alpha value is -1.75. The van der Waals surface area contributed by atoms with Gasteiger partial charge in [0.1, 0.15) is 5.75 Å². The van der Waals surface area contributed by atoms with Gasteiger partial charge in [-0.15, -0.1) is 0 Å². The summed E-state index contributed by atoms with van der Waals surface area (Å²) in [6, 6.07) is 7.59. The highest BCUT2D eigenvalue weighted by Crippen LogP contribution is 2.26. The third kappa shape index (κ3) is 6.10. The zero-order chi connectivity index (χ0) is 16.5. The van der Waals surface area contributed by atoms with E-state index in [0.29, 0.717) is 19.0 Å². The molecule has 3 N–H and O–H groups in total. The van der Waals surface area contributed by atoms with Gasteiger partial charge < -0.3 is 20.5 Å². The average molecular weight is 320 g/mol. The van der Waals surface area contributed by atoms with Gasteiger partial charge in [-0.05, 0) is 42.9 Å². The van der Waals surface area contributed by atoms with Crippen LogP contribution in [0.15, 0.2) is 24.3 Å². The number of carbonyl (C=O) groups is 1. The molecule has 1 aliphatic carbocycles. The SMILES string of the molecule is COc1ccc(CCNC(=O)NC[C@@H](O)C2CCCCC2)cc1. The number of methoxy groups -OCH3 is 1. The molecule has 0 bridgehead atoms. The number of aliphatic hydroxyl groups excluding tert-OH is 1. The lowest BCUT2D eigenvalue weighted by atomic mass is 9.85. The normalized spacial score (nSPS) is 16.6. The summed E-state index contributed by atoms with van der Waals surface area (Å²) < 4.78 is 5.11. The van der Waals surface area contributed by atoms with E-state index in [1.807, 2.05) is 24.3 Å². The summed E-state index contributed by atoms with van der Waals surface area (Å²) in [5, 5.41) is 15.7. The highest BCUT2D eigenvalue weighted by molar-refractivity contribution is 5.73. The summed E-state index contributed by atoms with van der Waals surface area (Å²) in [4.78, 5) is 11.8. The lowest BCUT2D eigenvalue weighted by Gasteiger charge is -2.26. The van der Waals surface area contributed by atoms with Crippen LogP contribution >= 0.6 is 0 Å². The third-order valence-corrected chi connectivity index (χ3v) is 4.52. The van der Waals surface area contributed by atoms with Crippen molar-refractivity contribution in [1.29, 1.82) is 0 Å². The van der Waals surface area contributed by atoms with E-state index in [9.17, 15) is 9.90 Å². The summed E-state index contributed by atoms with van der Waals surface area (Å²) in [5.41, 5.74) is 1.15. The van der Waals surface area contributed by atoms with Crippen LogP contribution in [0.4, 0.5) is 4.79 Å². The molecule has 1 atom stereocenters. The highest BCUT2D eigenvalue weighted by Gasteiger charge is 2.21. The second-order valence-electron chi connectivity index (χ2n) is 6.20. The molecule has 1 saturated carbocycles. The predicted octanol–water partition coefficient (Wildman–Crippen LogP) is 2.48. The van der Waals surface area contributed by atoms with Crippen LogP contribution in [-0.4, -0.2) is 37.4 Å². The van der Waals surface area contributed by atoms with Crippen LogP contribution < -0.4 is 15.4 Å². The van der Waals surface area contributed by atoms with Gasteiger partial charge in [0, 0.05) is 13.1 Å². The number of urea groups is 1. The van der Waals surface area contributed by atoms with Gasteiger partial charge >= 0.3 is 6.03 Å². The molecule has 0 spiro atoms. The number of rotatable bonds is 7. The zero-order valence-corrected chi connectivity index (χ0v) is 13.9. The molecule has 5 heteroatoms. The number of hydrogen-bond acceptors (Lipinski definition) is 3. The number of ether oxygens (including phenoxy) is 1. The summed E-state index contributed by atoms with van der Waals surface area (Å²) in [5.74, 6) is 1.17. The Bertz CT molecular complexity index is 470. The first-order valence-corrected chi connectivity index (χ1v) is 8.51. The Kier molecular flexibility index (Phi) is 7.20.